The fourth-order valence-corrected chi connectivity index (χ4v) is 3.98. The van der Waals surface area contributed by atoms with Crippen molar-refractivity contribution in [2.75, 3.05) is 11.9 Å². The maximum absolute atomic E-state index is 12.4. The topological polar surface area (TPSA) is 107 Å². The zero-order valence-electron chi connectivity index (χ0n) is 16.2. The maximum Gasteiger partial charge on any atom is 0.311 e. The van der Waals surface area contributed by atoms with E-state index in [4.69, 9.17) is 9.15 Å². The van der Waals surface area contributed by atoms with E-state index in [1.807, 2.05) is 19.9 Å². The number of furan rings is 1. The van der Waals surface area contributed by atoms with Crippen molar-refractivity contribution in [2.45, 2.75) is 38.1 Å². The smallest absolute Gasteiger partial charge is 0.311 e. The lowest BCUT2D eigenvalue weighted by Gasteiger charge is -2.01. The van der Waals surface area contributed by atoms with E-state index < -0.39 is 5.91 Å². The number of anilines is 1. The van der Waals surface area contributed by atoms with E-state index in [1.54, 1.807) is 24.4 Å². The van der Waals surface area contributed by atoms with E-state index in [1.165, 1.54) is 23.1 Å². The normalized spacial score (nSPS) is 10.7. The van der Waals surface area contributed by atoms with Crippen LogP contribution < -0.4 is 5.32 Å². The van der Waals surface area contributed by atoms with Crippen molar-refractivity contribution >= 4 is 40.1 Å². The van der Waals surface area contributed by atoms with Crippen molar-refractivity contribution in [1.29, 1.82) is 0 Å². The molecule has 0 spiro atoms. The van der Waals surface area contributed by atoms with Gasteiger partial charge in [-0.2, -0.15) is 0 Å². The Hall–Kier alpha value is -2.72. The second-order valence-corrected chi connectivity index (χ2v) is 7.87. The number of nitrogens with zero attached hydrogens (tertiary/aromatic N) is 3. The fourth-order valence-electron chi connectivity index (χ4n) is 2.44. The van der Waals surface area contributed by atoms with Crippen LogP contribution in [0.4, 0.5) is 5.13 Å². The highest BCUT2D eigenvalue weighted by Crippen LogP contribution is 2.22. The van der Waals surface area contributed by atoms with Gasteiger partial charge in [-0.1, -0.05) is 11.8 Å². The first-order chi connectivity index (χ1) is 13.9. The number of amides is 1. The second kappa shape index (κ2) is 9.66. The first kappa shape index (κ1) is 21.0. The average molecular weight is 433 g/mol. The average Bonchev–Trinajstić information content (AvgIpc) is 3.29. The molecule has 0 bridgehead atoms. The molecule has 0 aromatic carbocycles. The number of aryl methyl sites for hydroxylation is 2. The Kier molecular flexibility index (Phi) is 6.99. The summed E-state index contributed by atoms with van der Waals surface area (Å²) in [6.45, 7) is 5.91. The van der Waals surface area contributed by atoms with Gasteiger partial charge in [0.1, 0.15) is 5.76 Å². The van der Waals surface area contributed by atoms with Gasteiger partial charge in [-0.15, -0.1) is 11.3 Å². The number of hydrogen-bond donors (Lipinski definition) is 1. The third kappa shape index (κ3) is 6.13. The van der Waals surface area contributed by atoms with Crippen molar-refractivity contribution in [3.8, 4) is 0 Å². The summed E-state index contributed by atoms with van der Waals surface area (Å²) in [5, 5.41) is 5.45. The predicted molar refractivity (Wildman–Crippen MR) is 110 cm³/mol. The van der Waals surface area contributed by atoms with Crippen molar-refractivity contribution < 1.29 is 18.7 Å². The summed E-state index contributed by atoms with van der Waals surface area (Å²) < 4.78 is 10.5. The summed E-state index contributed by atoms with van der Waals surface area (Å²) in [6, 6.07) is 5.27. The van der Waals surface area contributed by atoms with Crippen molar-refractivity contribution in [3.05, 3.63) is 52.2 Å². The minimum atomic E-state index is -0.402. The van der Waals surface area contributed by atoms with Crippen LogP contribution in [-0.2, 0) is 21.7 Å². The molecule has 29 heavy (non-hydrogen) atoms. The van der Waals surface area contributed by atoms with Gasteiger partial charge in [-0.25, -0.2) is 15.0 Å². The lowest BCUT2D eigenvalue weighted by molar-refractivity contribution is -0.142. The number of esters is 1. The monoisotopic (exact) mass is 432 g/mol. The van der Waals surface area contributed by atoms with E-state index in [0.29, 0.717) is 34.1 Å². The van der Waals surface area contributed by atoms with E-state index in [-0.39, 0.29) is 18.2 Å². The molecule has 0 saturated heterocycles. The minimum Gasteiger partial charge on any atom is -0.466 e. The number of thiazole rings is 1. The molecule has 0 saturated carbocycles. The summed E-state index contributed by atoms with van der Waals surface area (Å²) in [4.78, 5) is 36.8. The van der Waals surface area contributed by atoms with Crippen LogP contribution in [0.15, 0.2) is 33.2 Å². The number of aromatic nitrogens is 3. The molecule has 0 atom stereocenters. The van der Waals surface area contributed by atoms with Gasteiger partial charge >= 0.3 is 5.97 Å². The second-order valence-electron chi connectivity index (χ2n) is 6.07. The largest absolute Gasteiger partial charge is 0.466 e. The van der Waals surface area contributed by atoms with Crippen LogP contribution >= 0.6 is 23.1 Å². The minimum absolute atomic E-state index is 0.0723. The fraction of sp³-hybridized carbons (Fsp3) is 0.316. The third-order valence-corrected chi connectivity index (χ3v) is 5.27. The quantitative estimate of drug-likeness (QED) is 0.325. The number of ether oxygens (including phenoxy) is 1. The predicted octanol–water partition coefficient (Wildman–Crippen LogP) is 3.79. The number of rotatable bonds is 8. The highest BCUT2D eigenvalue weighted by molar-refractivity contribution is 7.98. The van der Waals surface area contributed by atoms with E-state index >= 15 is 0 Å². The third-order valence-electron chi connectivity index (χ3n) is 3.59. The molecule has 3 heterocycles. The Morgan fingerprint density at radius 1 is 1.21 bits per heavy atom. The number of nitrogens with one attached hydrogen (secondary N) is 1. The van der Waals surface area contributed by atoms with Gasteiger partial charge < -0.3 is 9.15 Å². The molecule has 8 nitrogen and oxygen atoms in total. The zero-order chi connectivity index (χ0) is 20.8. The van der Waals surface area contributed by atoms with Gasteiger partial charge in [0.25, 0.3) is 5.91 Å². The molecule has 0 aliphatic carbocycles. The number of carbonyl (C=O) groups excluding carboxylic acids is 2. The van der Waals surface area contributed by atoms with Gasteiger partial charge in [0, 0.05) is 16.8 Å². The van der Waals surface area contributed by atoms with E-state index in [2.05, 4.69) is 20.3 Å². The first-order valence-corrected chi connectivity index (χ1v) is 10.7. The summed E-state index contributed by atoms with van der Waals surface area (Å²) in [6.07, 6.45) is 0.0723. The Labute approximate surface area is 176 Å². The molecule has 3 rings (SSSR count). The summed E-state index contributed by atoms with van der Waals surface area (Å²) in [5.41, 5.74) is 2.37. The molecular weight excluding hydrogens is 412 g/mol. The first-order valence-electron chi connectivity index (χ1n) is 8.88. The Balaban J connectivity index is 1.55. The maximum atomic E-state index is 12.4. The highest BCUT2D eigenvalue weighted by atomic mass is 32.2. The number of hydrogen-bond acceptors (Lipinski definition) is 9. The molecule has 1 amide bonds. The summed E-state index contributed by atoms with van der Waals surface area (Å²) in [7, 11) is 0. The van der Waals surface area contributed by atoms with Gasteiger partial charge in [-0.3, -0.25) is 14.9 Å². The molecule has 0 unspecified atom stereocenters. The van der Waals surface area contributed by atoms with E-state index in [9.17, 15) is 9.59 Å². The SMILES string of the molecule is CCOC(=O)Cc1csc(NC(=O)c2ccc(CSc3nc(C)cc(C)n3)o2)n1. The van der Waals surface area contributed by atoms with Crippen molar-refractivity contribution in [3.63, 3.8) is 0 Å². The molecule has 0 aliphatic rings. The Morgan fingerprint density at radius 2 is 1.97 bits per heavy atom. The lowest BCUT2D eigenvalue weighted by Crippen LogP contribution is -2.11. The van der Waals surface area contributed by atoms with Gasteiger partial charge in [-0.05, 0) is 39.0 Å². The van der Waals surface area contributed by atoms with Crippen LogP contribution in [0.25, 0.3) is 0 Å². The van der Waals surface area contributed by atoms with Crippen molar-refractivity contribution in [1.82, 2.24) is 15.0 Å². The number of carbonyl (C=O) groups is 2. The van der Waals surface area contributed by atoms with Gasteiger partial charge in [0.15, 0.2) is 16.0 Å². The van der Waals surface area contributed by atoms with Crippen LogP contribution in [0, 0.1) is 13.8 Å². The molecular formula is C19H20N4O4S2. The van der Waals surface area contributed by atoms with Gasteiger partial charge in [0.2, 0.25) is 0 Å². The molecule has 0 fully saturated rings. The van der Waals surface area contributed by atoms with Crippen LogP contribution in [0.3, 0.4) is 0 Å². The Bertz CT molecular complexity index is 995. The molecule has 0 aliphatic heterocycles. The van der Waals surface area contributed by atoms with Gasteiger partial charge in [0.05, 0.1) is 24.5 Å². The summed E-state index contributed by atoms with van der Waals surface area (Å²) >= 11 is 2.68. The standard InChI is InChI=1S/C19H20N4O4S2/c1-4-26-16(24)8-13-9-28-19(22-13)23-17(25)15-6-5-14(27-15)10-29-18-20-11(2)7-12(3)21-18/h5-7,9H,4,8,10H2,1-3H3,(H,22,23,25). The molecule has 152 valence electrons. The molecule has 3 aromatic heterocycles. The number of thioether (sulfide) groups is 1. The van der Waals surface area contributed by atoms with Crippen LogP contribution in [-0.4, -0.2) is 33.4 Å². The van der Waals surface area contributed by atoms with Crippen LogP contribution in [0.1, 0.15) is 40.3 Å². The molecule has 1 N–H and O–H groups in total. The molecule has 3 aromatic rings. The summed E-state index contributed by atoms with van der Waals surface area (Å²) in [5.74, 6) is 0.587. The zero-order valence-corrected chi connectivity index (χ0v) is 17.9. The van der Waals surface area contributed by atoms with Crippen LogP contribution in [0.2, 0.25) is 0 Å². The van der Waals surface area contributed by atoms with E-state index in [0.717, 1.165) is 11.4 Å². The highest BCUT2D eigenvalue weighted by Gasteiger charge is 2.15. The van der Waals surface area contributed by atoms with Crippen LogP contribution in [0.5, 0.6) is 0 Å². The Morgan fingerprint density at radius 3 is 2.69 bits per heavy atom. The van der Waals surface area contributed by atoms with Crippen molar-refractivity contribution in [2.24, 2.45) is 0 Å². The molecule has 0 radical (unpaired) electrons. The lowest BCUT2D eigenvalue weighted by atomic mass is 10.3. The molecule has 10 heteroatoms.